The van der Waals surface area contributed by atoms with Crippen LogP contribution in [0.5, 0.6) is 0 Å². The summed E-state index contributed by atoms with van der Waals surface area (Å²) in [4.78, 5) is 37.9. The fraction of sp³-hybridized carbons (Fsp3) is 0.942. The van der Waals surface area contributed by atoms with Gasteiger partial charge in [-0.3, -0.25) is 14.4 Å². The molecule has 1 atom stereocenters. The van der Waals surface area contributed by atoms with Crippen molar-refractivity contribution < 1.29 is 28.6 Å². The van der Waals surface area contributed by atoms with Crippen LogP contribution in [0, 0.1) is 11.8 Å². The molecule has 0 bridgehead atoms. The first-order valence-electron chi connectivity index (χ1n) is 25.7. The molecule has 0 rings (SSSR count). The number of ether oxygens (including phenoxy) is 3. The lowest BCUT2D eigenvalue weighted by molar-refractivity contribution is -0.167. The first-order valence-corrected chi connectivity index (χ1v) is 25.7. The van der Waals surface area contributed by atoms with Gasteiger partial charge in [0.15, 0.2) is 6.10 Å². The summed E-state index contributed by atoms with van der Waals surface area (Å²) in [5.74, 6) is 0.748. The van der Waals surface area contributed by atoms with Gasteiger partial charge in [0.2, 0.25) is 0 Å². The van der Waals surface area contributed by atoms with Crippen molar-refractivity contribution in [3.8, 4) is 0 Å². The molecule has 0 saturated carbocycles. The van der Waals surface area contributed by atoms with E-state index in [1.165, 1.54) is 173 Å². The number of hydrogen-bond acceptors (Lipinski definition) is 6. The van der Waals surface area contributed by atoms with Gasteiger partial charge in [-0.15, -0.1) is 0 Å². The maximum absolute atomic E-state index is 12.8. The van der Waals surface area contributed by atoms with Gasteiger partial charge in [-0.1, -0.05) is 247 Å². The third-order valence-electron chi connectivity index (χ3n) is 11.7. The van der Waals surface area contributed by atoms with Gasteiger partial charge in [0.25, 0.3) is 0 Å². The topological polar surface area (TPSA) is 78.9 Å². The summed E-state index contributed by atoms with van der Waals surface area (Å²) in [5, 5.41) is 0. The van der Waals surface area contributed by atoms with Gasteiger partial charge in [0.05, 0.1) is 0 Å². The maximum atomic E-state index is 12.8. The number of esters is 3. The molecule has 0 fully saturated rings. The van der Waals surface area contributed by atoms with Crippen LogP contribution in [0.1, 0.15) is 285 Å². The van der Waals surface area contributed by atoms with Gasteiger partial charge < -0.3 is 14.2 Å². The molecule has 0 heterocycles. The Kier molecular flexibility index (Phi) is 43.7. The van der Waals surface area contributed by atoms with E-state index in [-0.39, 0.29) is 31.1 Å². The van der Waals surface area contributed by atoms with Crippen LogP contribution in [0.25, 0.3) is 0 Å². The summed E-state index contributed by atoms with van der Waals surface area (Å²) in [6.07, 6.45) is 45.3. The minimum atomic E-state index is -0.762. The molecule has 0 aromatic rings. The van der Waals surface area contributed by atoms with Gasteiger partial charge >= 0.3 is 17.9 Å². The molecule has 0 aliphatic rings. The highest BCUT2D eigenvalue weighted by Crippen LogP contribution is 2.17. The Bertz CT molecular complexity index is 885. The minimum absolute atomic E-state index is 0.0646. The smallest absolute Gasteiger partial charge is 0.306 e. The SMILES string of the molecule is CCCCCCCCCCCCCCCCCCCC(=O)O[C@@H](COC(=O)CCCCCCCCCCCCC(C)C)COC(=O)CCCCCCCCCC(C)C. The highest BCUT2D eigenvalue weighted by molar-refractivity contribution is 5.71. The van der Waals surface area contributed by atoms with Crippen molar-refractivity contribution in [2.24, 2.45) is 11.8 Å². The van der Waals surface area contributed by atoms with Gasteiger partial charge in [-0.05, 0) is 31.1 Å². The second-order valence-electron chi connectivity index (χ2n) is 18.8. The molecule has 58 heavy (non-hydrogen) atoms. The Hall–Kier alpha value is -1.59. The average molecular weight is 821 g/mol. The summed E-state index contributed by atoms with van der Waals surface area (Å²) in [7, 11) is 0. The molecular formula is C52H100O6. The van der Waals surface area contributed by atoms with Crippen LogP contribution in [0.2, 0.25) is 0 Å². The third kappa shape index (κ3) is 45.5. The molecule has 0 saturated heterocycles. The monoisotopic (exact) mass is 821 g/mol. The standard InChI is InChI=1S/C52H100O6/c1-6-7-8-9-10-11-12-13-14-15-16-17-18-23-28-34-39-44-52(55)58-49(46-57-51(54)43-38-33-29-24-26-31-36-41-48(4)5)45-56-50(53)42-37-32-27-22-20-19-21-25-30-35-40-47(2)3/h47-49H,6-46H2,1-5H3/t49-/m0/s1. The molecular weight excluding hydrogens is 721 g/mol. The van der Waals surface area contributed by atoms with E-state index in [1.54, 1.807) is 0 Å². The summed E-state index contributed by atoms with van der Waals surface area (Å²) >= 11 is 0. The van der Waals surface area contributed by atoms with Gasteiger partial charge in [0, 0.05) is 19.3 Å². The van der Waals surface area contributed by atoms with Crippen molar-refractivity contribution in [2.45, 2.75) is 291 Å². The zero-order chi connectivity index (χ0) is 42.6. The molecule has 0 aliphatic carbocycles. The number of hydrogen-bond donors (Lipinski definition) is 0. The Morgan fingerprint density at radius 3 is 0.845 bits per heavy atom. The normalized spacial score (nSPS) is 12.1. The Morgan fingerprint density at radius 2 is 0.569 bits per heavy atom. The third-order valence-corrected chi connectivity index (χ3v) is 11.7. The van der Waals surface area contributed by atoms with E-state index in [0.29, 0.717) is 19.3 Å². The second kappa shape index (κ2) is 44.9. The van der Waals surface area contributed by atoms with Gasteiger partial charge in [0.1, 0.15) is 13.2 Å². The van der Waals surface area contributed by atoms with E-state index < -0.39 is 6.10 Å². The summed E-state index contributed by atoms with van der Waals surface area (Å²) in [5.41, 5.74) is 0. The lowest BCUT2D eigenvalue weighted by Crippen LogP contribution is -2.30. The van der Waals surface area contributed by atoms with Crippen LogP contribution in [0.3, 0.4) is 0 Å². The molecule has 344 valence electrons. The highest BCUT2D eigenvalue weighted by Gasteiger charge is 2.19. The quantitative estimate of drug-likeness (QED) is 0.0346. The first-order chi connectivity index (χ1) is 28.2. The van der Waals surface area contributed by atoms with E-state index >= 15 is 0 Å². The zero-order valence-electron chi connectivity index (χ0n) is 39.7. The number of unbranched alkanes of at least 4 members (excludes halogenated alkanes) is 31. The maximum Gasteiger partial charge on any atom is 0.306 e. The van der Waals surface area contributed by atoms with Crippen LogP contribution in [0.4, 0.5) is 0 Å². The fourth-order valence-electron chi connectivity index (χ4n) is 7.81. The molecule has 0 spiro atoms. The second-order valence-corrected chi connectivity index (χ2v) is 18.8. The zero-order valence-corrected chi connectivity index (χ0v) is 39.7. The van der Waals surface area contributed by atoms with E-state index in [1.807, 2.05) is 0 Å². The van der Waals surface area contributed by atoms with E-state index in [9.17, 15) is 14.4 Å². The van der Waals surface area contributed by atoms with Crippen LogP contribution in [-0.2, 0) is 28.6 Å². The van der Waals surface area contributed by atoms with Crippen molar-refractivity contribution in [1.29, 1.82) is 0 Å². The van der Waals surface area contributed by atoms with E-state index in [2.05, 4.69) is 34.6 Å². The lowest BCUT2D eigenvalue weighted by Gasteiger charge is -2.18. The number of rotatable bonds is 46. The molecule has 0 radical (unpaired) electrons. The molecule has 6 heteroatoms. The molecule has 0 aromatic carbocycles. The van der Waals surface area contributed by atoms with E-state index in [0.717, 1.165) is 69.6 Å². The van der Waals surface area contributed by atoms with E-state index in [4.69, 9.17) is 14.2 Å². The number of carbonyl (C=O) groups is 3. The first kappa shape index (κ1) is 56.4. The molecule has 0 aliphatic heterocycles. The molecule has 0 unspecified atom stereocenters. The lowest BCUT2D eigenvalue weighted by atomic mass is 10.0. The Morgan fingerprint density at radius 1 is 0.328 bits per heavy atom. The largest absolute Gasteiger partial charge is 0.462 e. The molecule has 6 nitrogen and oxygen atoms in total. The van der Waals surface area contributed by atoms with Gasteiger partial charge in [-0.25, -0.2) is 0 Å². The Balaban J connectivity index is 4.29. The number of carbonyl (C=O) groups excluding carboxylic acids is 3. The molecule has 0 aromatic heterocycles. The minimum Gasteiger partial charge on any atom is -0.462 e. The van der Waals surface area contributed by atoms with Crippen molar-refractivity contribution >= 4 is 17.9 Å². The van der Waals surface area contributed by atoms with Crippen molar-refractivity contribution in [1.82, 2.24) is 0 Å². The van der Waals surface area contributed by atoms with Crippen LogP contribution in [0.15, 0.2) is 0 Å². The van der Waals surface area contributed by atoms with Crippen molar-refractivity contribution in [2.75, 3.05) is 13.2 Å². The van der Waals surface area contributed by atoms with Crippen LogP contribution in [-0.4, -0.2) is 37.2 Å². The van der Waals surface area contributed by atoms with Crippen LogP contribution < -0.4 is 0 Å². The summed E-state index contributed by atoms with van der Waals surface area (Å²) < 4.78 is 16.8. The van der Waals surface area contributed by atoms with Crippen LogP contribution >= 0.6 is 0 Å². The summed E-state index contributed by atoms with van der Waals surface area (Å²) in [6.45, 7) is 11.3. The Labute approximate surface area is 361 Å². The highest BCUT2D eigenvalue weighted by atomic mass is 16.6. The van der Waals surface area contributed by atoms with Crippen molar-refractivity contribution in [3.63, 3.8) is 0 Å². The fourth-order valence-corrected chi connectivity index (χ4v) is 7.81. The van der Waals surface area contributed by atoms with Gasteiger partial charge in [-0.2, -0.15) is 0 Å². The van der Waals surface area contributed by atoms with Crippen molar-refractivity contribution in [3.05, 3.63) is 0 Å². The molecule has 0 N–H and O–H groups in total. The predicted octanol–water partition coefficient (Wildman–Crippen LogP) is 16.5. The summed E-state index contributed by atoms with van der Waals surface area (Å²) in [6, 6.07) is 0. The predicted molar refractivity (Wildman–Crippen MR) is 247 cm³/mol. The molecule has 0 amide bonds. The average Bonchev–Trinajstić information content (AvgIpc) is 3.19.